The third-order valence-electron chi connectivity index (χ3n) is 5.18. The molecule has 23 heavy (non-hydrogen) atoms. The van der Waals surface area contributed by atoms with Crippen LogP contribution in [0.25, 0.3) is 0 Å². The molecule has 126 valence electrons. The zero-order valence-electron chi connectivity index (χ0n) is 13.5. The molecule has 6 heteroatoms. The van der Waals surface area contributed by atoms with Crippen LogP contribution in [0.15, 0.2) is 18.2 Å². The van der Waals surface area contributed by atoms with E-state index in [1.165, 1.54) is 16.8 Å². The number of para-hydroxylation sites is 1. The first-order valence-electron chi connectivity index (χ1n) is 8.70. The molecule has 1 saturated heterocycles. The van der Waals surface area contributed by atoms with Crippen molar-refractivity contribution in [2.24, 2.45) is 0 Å². The highest BCUT2D eigenvalue weighted by Crippen LogP contribution is 2.32. The Kier molecular flexibility index (Phi) is 4.07. The van der Waals surface area contributed by atoms with Gasteiger partial charge in [0.25, 0.3) is 0 Å². The molecule has 0 spiro atoms. The van der Waals surface area contributed by atoms with Gasteiger partial charge in [0.2, 0.25) is 10.0 Å². The van der Waals surface area contributed by atoms with Crippen molar-refractivity contribution in [2.75, 3.05) is 38.0 Å². The largest absolute Gasteiger partial charge is 0.384 e. The van der Waals surface area contributed by atoms with E-state index >= 15 is 0 Å². The van der Waals surface area contributed by atoms with E-state index in [0.717, 1.165) is 51.9 Å². The lowest BCUT2D eigenvalue weighted by molar-refractivity contribution is 0.279. The minimum absolute atomic E-state index is 0.0874. The van der Waals surface area contributed by atoms with Gasteiger partial charge in [-0.15, -0.1) is 0 Å². The van der Waals surface area contributed by atoms with Crippen molar-refractivity contribution in [1.82, 2.24) is 9.21 Å². The van der Waals surface area contributed by atoms with E-state index in [0.29, 0.717) is 13.1 Å². The van der Waals surface area contributed by atoms with Gasteiger partial charge in [0.1, 0.15) is 0 Å². The van der Waals surface area contributed by atoms with Crippen LogP contribution in [0.4, 0.5) is 5.69 Å². The number of sulfonamides is 1. The number of fused-ring (bicyclic) bond motifs is 1. The monoisotopic (exact) mass is 335 g/mol. The predicted molar refractivity (Wildman–Crippen MR) is 92.0 cm³/mol. The molecule has 3 aliphatic rings. The lowest BCUT2D eigenvalue weighted by Crippen LogP contribution is -2.37. The summed E-state index contributed by atoms with van der Waals surface area (Å²) < 4.78 is 26.6. The number of hydrogen-bond donors (Lipinski definition) is 1. The molecule has 0 bridgehead atoms. The minimum Gasteiger partial charge on any atom is -0.384 e. The van der Waals surface area contributed by atoms with Crippen LogP contribution in [-0.4, -0.2) is 55.6 Å². The van der Waals surface area contributed by atoms with Crippen LogP contribution in [0.1, 0.15) is 30.4 Å². The van der Waals surface area contributed by atoms with Gasteiger partial charge in [-0.05, 0) is 43.4 Å². The van der Waals surface area contributed by atoms with Crippen LogP contribution in [0.5, 0.6) is 0 Å². The fourth-order valence-electron chi connectivity index (χ4n) is 3.72. The third-order valence-corrected chi connectivity index (χ3v) is 7.58. The molecule has 2 heterocycles. The highest BCUT2D eigenvalue weighted by Gasteiger charge is 2.40. The van der Waals surface area contributed by atoms with Crippen molar-refractivity contribution in [2.45, 2.75) is 37.5 Å². The maximum atomic E-state index is 12.4. The van der Waals surface area contributed by atoms with E-state index in [4.69, 9.17) is 0 Å². The molecule has 0 unspecified atom stereocenters. The van der Waals surface area contributed by atoms with Gasteiger partial charge in [0.15, 0.2) is 0 Å². The number of rotatable bonds is 4. The van der Waals surface area contributed by atoms with Gasteiger partial charge in [-0.3, -0.25) is 4.90 Å². The zero-order valence-corrected chi connectivity index (χ0v) is 14.3. The molecule has 4 rings (SSSR count). The van der Waals surface area contributed by atoms with Crippen LogP contribution >= 0.6 is 0 Å². The van der Waals surface area contributed by atoms with Crippen LogP contribution < -0.4 is 5.32 Å². The van der Waals surface area contributed by atoms with Crippen molar-refractivity contribution in [3.63, 3.8) is 0 Å². The van der Waals surface area contributed by atoms with Gasteiger partial charge in [-0.2, -0.15) is 0 Å². The fraction of sp³-hybridized carbons (Fsp3) is 0.647. The average Bonchev–Trinajstić information content (AvgIpc) is 3.32. The molecular weight excluding hydrogens is 310 g/mol. The Labute approximate surface area is 138 Å². The summed E-state index contributed by atoms with van der Waals surface area (Å²) in [7, 11) is -3.02. The Morgan fingerprint density at radius 1 is 1.13 bits per heavy atom. The Bertz CT molecular complexity index is 685. The second-order valence-corrected chi connectivity index (χ2v) is 9.11. The second-order valence-electron chi connectivity index (χ2n) is 6.90. The van der Waals surface area contributed by atoms with Gasteiger partial charge >= 0.3 is 0 Å². The van der Waals surface area contributed by atoms with Gasteiger partial charge in [0.05, 0.1) is 5.25 Å². The Balaban J connectivity index is 1.43. The van der Waals surface area contributed by atoms with E-state index in [9.17, 15) is 8.42 Å². The number of benzene rings is 1. The molecule has 1 aromatic carbocycles. The summed E-state index contributed by atoms with van der Waals surface area (Å²) in [5.74, 6) is 0. The molecular formula is C17H25N3O2S. The molecule has 1 aromatic rings. The van der Waals surface area contributed by atoms with Crippen molar-refractivity contribution >= 4 is 15.7 Å². The lowest BCUT2D eigenvalue weighted by Gasteiger charge is -2.22. The van der Waals surface area contributed by atoms with Gasteiger partial charge in [0, 0.05) is 38.4 Å². The molecule has 0 amide bonds. The molecule has 0 radical (unpaired) electrons. The Morgan fingerprint density at radius 3 is 2.83 bits per heavy atom. The first-order valence-corrected chi connectivity index (χ1v) is 10.2. The highest BCUT2D eigenvalue weighted by atomic mass is 32.2. The summed E-state index contributed by atoms with van der Waals surface area (Å²) in [5.41, 5.74) is 4.06. The summed E-state index contributed by atoms with van der Waals surface area (Å²) >= 11 is 0. The van der Waals surface area contributed by atoms with Crippen molar-refractivity contribution < 1.29 is 8.42 Å². The van der Waals surface area contributed by atoms with Gasteiger partial charge in [-0.1, -0.05) is 18.2 Å². The summed E-state index contributed by atoms with van der Waals surface area (Å²) in [5, 5.41) is 3.41. The predicted octanol–water partition coefficient (Wildman–Crippen LogP) is 1.65. The molecule has 2 fully saturated rings. The van der Waals surface area contributed by atoms with Crippen LogP contribution in [-0.2, 0) is 23.0 Å². The fourth-order valence-corrected chi connectivity index (χ4v) is 5.59. The van der Waals surface area contributed by atoms with E-state index in [1.807, 2.05) is 0 Å². The van der Waals surface area contributed by atoms with Crippen LogP contribution in [0.2, 0.25) is 0 Å². The highest BCUT2D eigenvalue weighted by molar-refractivity contribution is 7.90. The number of nitrogens with one attached hydrogen (secondary N) is 1. The number of hydrogen-bond acceptors (Lipinski definition) is 4. The van der Waals surface area contributed by atoms with E-state index in [2.05, 4.69) is 28.4 Å². The summed E-state index contributed by atoms with van der Waals surface area (Å²) in [4.78, 5) is 2.40. The maximum Gasteiger partial charge on any atom is 0.217 e. The molecule has 5 nitrogen and oxygen atoms in total. The number of nitrogens with zero attached hydrogens (tertiary/aromatic N) is 2. The van der Waals surface area contributed by atoms with Crippen molar-refractivity contribution in [3.8, 4) is 0 Å². The topological polar surface area (TPSA) is 52.7 Å². The van der Waals surface area contributed by atoms with Gasteiger partial charge < -0.3 is 5.32 Å². The zero-order chi connectivity index (χ0) is 15.9. The molecule has 0 aromatic heterocycles. The molecule has 2 aliphatic heterocycles. The van der Waals surface area contributed by atoms with E-state index in [1.54, 1.807) is 4.31 Å². The molecule has 1 aliphatic carbocycles. The molecule has 1 N–H and O–H groups in total. The van der Waals surface area contributed by atoms with E-state index < -0.39 is 10.0 Å². The third kappa shape index (κ3) is 3.12. The SMILES string of the molecule is O=S(=O)(C1CC1)N1CCCN(Cc2cccc3c2NCC3)CC1. The van der Waals surface area contributed by atoms with Crippen molar-refractivity contribution in [3.05, 3.63) is 29.3 Å². The first kappa shape index (κ1) is 15.4. The average molecular weight is 335 g/mol. The minimum atomic E-state index is -3.02. The maximum absolute atomic E-state index is 12.4. The normalized spacial score (nSPS) is 23.3. The van der Waals surface area contributed by atoms with E-state index in [-0.39, 0.29) is 5.25 Å². The smallest absolute Gasteiger partial charge is 0.217 e. The Hall–Kier alpha value is -1.11. The first-order chi connectivity index (χ1) is 11.1. The Morgan fingerprint density at radius 2 is 2.00 bits per heavy atom. The van der Waals surface area contributed by atoms with Crippen LogP contribution in [0.3, 0.4) is 0 Å². The standard InChI is InChI=1S/C17H25N3O2S/c21-23(22,16-5-6-16)20-10-2-9-19(11-12-20)13-15-4-1-3-14-7-8-18-17(14)15/h1,3-4,16,18H,2,5-13H2. The summed E-state index contributed by atoms with van der Waals surface area (Å²) in [6.07, 6.45) is 3.74. The molecule has 1 saturated carbocycles. The molecule has 0 atom stereocenters. The second kappa shape index (κ2) is 6.07. The van der Waals surface area contributed by atoms with Gasteiger partial charge in [-0.25, -0.2) is 12.7 Å². The van der Waals surface area contributed by atoms with Crippen molar-refractivity contribution in [1.29, 1.82) is 0 Å². The lowest BCUT2D eigenvalue weighted by atomic mass is 10.1. The number of anilines is 1. The summed E-state index contributed by atoms with van der Waals surface area (Å²) in [6.45, 7) is 5.06. The quantitative estimate of drug-likeness (QED) is 0.909. The van der Waals surface area contributed by atoms with Crippen LogP contribution in [0, 0.1) is 0 Å². The summed E-state index contributed by atoms with van der Waals surface area (Å²) in [6, 6.07) is 6.54.